The van der Waals surface area contributed by atoms with Crippen LogP contribution in [0.5, 0.6) is 0 Å². The number of alkyl halides is 1. The molecule has 0 amide bonds. The van der Waals surface area contributed by atoms with Crippen LogP contribution in [0, 0.1) is 11.8 Å². The third kappa shape index (κ3) is 9.84. The molecule has 1 aliphatic heterocycles. The lowest BCUT2D eigenvalue weighted by molar-refractivity contribution is -0.192. The van der Waals surface area contributed by atoms with E-state index in [1.165, 1.54) is 0 Å². The van der Waals surface area contributed by atoms with Gasteiger partial charge in [0.15, 0.2) is 12.1 Å². The minimum absolute atomic E-state index is 0.0598. The Bertz CT molecular complexity index is 599. The Morgan fingerprint density at radius 1 is 1.10 bits per heavy atom. The summed E-state index contributed by atoms with van der Waals surface area (Å²) in [6.45, 7) is 0.685. The number of ketones is 2. The summed E-state index contributed by atoms with van der Waals surface area (Å²) < 4.78 is 11.9. The molecule has 0 radical (unpaired) electrons. The van der Waals surface area contributed by atoms with Gasteiger partial charge in [-0.15, -0.1) is 11.6 Å². The first-order chi connectivity index (χ1) is 15.0. The van der Waals surface area contributed by atoms with E-state index in [1.807, 2.05) is 6.08 Å². The van der Waals surface area contributed by atoms with Crippen molar-refractivity contribution in [2.75, 3.05) is 12.5 Å². The maximum absolute atomic E-state index is 12.8. The van der Waals surface area contributed by atoms with E-state index >= 15 is 0 Å². The van der Waals surface area contributed by atoms with E-state index in [2.05, 4.69) is 0 Å². The van der Waals surface area contributed by atoms with Crippen molar-refractivity contribution in [2.24, 2.45) is 11.8 Å². The minimum Gasteiger partial charge on any atom is -0.481 e. The van der Waals surface area contributed by atoms with E-state index in [4.69, 9.17) is 26.2 Å². The number of carboxylic acid groups (broad SMARTS) is 1. The molecule has 1 saturated heterocycles. The molecule has 7 heteroatoms. The molecule has 0 bridgehead atoms. The van der Waals surface area contributed by atoms with Gasteiger partial charge in [0.2, 0.25) is 0 Å². The molecule has 6 nitrogen and oxygen atoms in total. The third-order valence-corrected chi connectivity index (χ3v) is 6.41. The van der Waals surface area contributed by atoms with Gasteiger partial charge in [0.25, 0.3) is 0 Å². The Morgan fingerprint density at radius 3 is 2.58 bits per heavy atom. The van der Waals surface area contributed by atoms with Gasteiger partial charge in [-0.25, -0.2) is 0 Å². The summed E-state index contributed by atoms with van der Waals surface area (Å²) in [7, 11) is 0. The summed E-state index contributed by atoms with van der Waals surface area (Å²) >= 11 is 5.68. The van der Waals surface area contributed by atoms with E-state index in [9.17, 15) is 14.4 Å². The lowest BCUT2D eigenvalue weighted by Crippen LogP contribution is -2.30. The maximum atomic E-state index is 12.8. The molecule has 0 spiro atoms. The van der Waals surface area contributed by atoms with E-state index in [0.717, 1.165) is 57.8 Å². The second-order valence-corrected chi connectivity index (χ2v) is 9.02. The number of hydrogen-bond donors (Lipinski definition) is 1. The quantitative estimate of drug-likeness (QED) is 0.210. The average Bonchev–Trinajstić information content (AvgIpc) is 3.03. The van der Waals surface area contributed by atoms with Crippen LogP contribution >= 0.6 is 11.6 Å². The highest BCUT2D eigenvalue weighted by molar-refractivity contribution is 6.17. The summed E-state index contributed by atoms with van der Waals surface area (Å²) in [6.07, 6.45) is 12.6. The first-order valence-corrected chi connectivity index (χ1v) is 12.3. The number of ether oxygens (including phenoxy) is 2. The number of halogens is 1. The molecule has 1 N–H and O–H groups in total. The van der Waals surface area contributed by atoms with Gasteiger partial charge in [0.1, 0.15) is 5.78 Å². The van der Waals surface area contributed by atoms with Crippen molar-refractivity contribution in [3.05, 3.63) is 12.2 Å². The second kappa shape index (κ2) is 14.8. The Kier molecular flexibility index (Phi) is 12.4. The van der Waals surface area contributed by atoms with Gasteiger partial charge >= 0.3 is 5.97 Å². The molecule has 0 aromatic heterocycles. The molecule has 2 aliphatic rings. The molecule has 1 heterocycles. The molecule has 1 unspecified atom stereocenters. The minimum atomic E-state index is -0.767. The highest BCUT2D eigenvalue weighted by Crippen LogP contribution is 2.37. The molecule has 31 heavy (non-hydrogen) atoms. The number of carboxylic acids is 1. The molecule has 0 aromatic rings. The Hall–Kier alpha value is -1.24. The zero-order chi connectivity index (χ0) is 22.5. The van der Waals surface area contributed by atoms with Crippen molar-refractivity contribution in [1.82, 2.24) is 0 Å². The number of rotatable bonds is 15. The zero-order valence-corrected chi connectivity index (χ0v) is 19.2. The Balaban J connectivity index is 1.92. The summed E-state index contributed by atoms with van der Waals surface area (Å²) in [5, 5.41) is 8.74. The summed E-state index contributed by atoms with van der Waals surface area (Å²) in [5.74, 6) is -0.231. The van der Waals surface area contributed by atoms with Crippen LogP contribution in [0.15, 0.2) is 12.2 Å². The van der Waals surface area contributed by atoms with E-state index in [0.29, 0.717) is 31.7 Å². The lowest BCUT2D eigenvalue weighted by atomic mass is 9.88. The molecule has 1 aliphatic carbocycles. The van der Waals surface area contributed by atoms with Crippen LogP contribution in [-0.2, 0) is 23.9 Å². The first kappa shape index (κ1) is 26.0. The van der Waals surface area contributed by atoms with E-state index in [-0.39, 0.29) is 42.2 Å². The first-order valence-electron chi connectivity index (χ1n) is 11.8. The summed E-state index contributed by atoms with van der Waals surface area (Å²) in [4.78, 5) is 35.6. The number of carbonyl (C=O) groups excluding carboxylic acids is 2. The van der Waals surface area contributed by atoms with Gasteiger partial charge < -0.3 is 14.6 Å². The lowest BCUT2D eigenvalue weighted by Gasteiger charge is -2.28. The molecule has 2 rings (SSSR count). The standard InChI is InChI=1S/C24H37ClO6/c25-15-7-5-9-18(26)13-14-20-19(10-3-1-2-4-11-23(28)29)21(27)17-22(20)31-24-12-6-8-16-30-24/h13-14,19-20,22,24H,1-12,15-17H2,(H,28,29)/t19-,20-,22+,24?/m1/s1. The zero-order valence-electron chi connectivity index (χ0n) is 18.4. The maximum Gasteiger partial charge on any atom is 0.303 e. The number of Topliss-reactive ketones (excluding diaryl/α,β-unsaturated/α-hetero) is 1. The molecular formula is C24H37ClO6. The van der Waals surface area contributed by atoms with Gasteiger partial charge in [-0.1, -0.05) is 25.3 Å². The predicted molar refractivity (Wildman–Crippen MR) is 119 cm³/mol. The molecule has 4 atom stereocenters. The fourth-order valence-corrected chi connectivity index (χ4v) is 4.60. The summed E-state index contributed by atoms with van der Waals surface area (Å²) in [6, 6.07) is 0. The Morgan fingerprint density at radius 2 is 1.87 bits per heavy atom. The van der Waals surface area contributed by atoms with Gasteiger partial charge in [-0.05, 0) is 51.0 Å². The second-order valence-electron chi connectivity index (χ2n) is 8.64. The molecule has 2 fully saturated rings. The third-order valence-electron chi connectivity index (χ3n) is 6.14. The highest BCUT2D eigenvalue weighted by atomic mass is 35.5. The van der Waals surface area contributed by atoms with Gasteiger partial charge in [0.05, 0.1) is 6.10 Å². The highest BCUT2D eigenvalue weighted by Gasteiger charge is 2.42. The molecule has 0 aromatic carbocycles. The number of hydrogen-bond acceptors (Lipinski definition) is 5. The van der Waals surface area contributed by atoms with Gasteiger partial charge in [-0.3, -0.25) is 14.4 Å². The van der Waals surface area contributed by atoms with Crippen molar-refractivity contribution in [2.45, 2.75) is 95.9 Å². The van der Waals surface area contributed by atoms with E-state index < -0.39 is 5.97 Å². The predicted octanol–water partition coefficient (Wildman–Crippen LogP) is 5.06. The number of aliphatic carboxylic acids is 1. The number of allylic oxidation sites excluding steroid dienone is 1. The van der Waals surface area contributed by atoms with E-state index in [1.54, 1.807) is 6.08 Å². The monoisotopic (exact) mass is 456 g/mol. The number of unbranched alkanes of at least 4 members (excludes halogenated alkanes) is 4. The van der Waals surface area contributed by atoms with Gasteiger partial charge in [0, 0.05) is 43.6 Å². The fraction of sp³-hybridized carbons (Fsp3) is 0.792. The molecule has 176 valence electrons. The van der Waals surface area contributed by atoms with Crippen molar-refractivity contribution in [3.8, 4) is 0 Å². The fourth-order valence-electron chi connectivity index (χ4n) is 4.41. The normalized spacial score (nSPS) is 26.5. The van der Waals surface area contributed by atoms with Crippen molar-refractivity contribution in [1.29, 1.82) is 0 Å². The van der Waals surface area contributed by atoms with Crippen LogP contribution < -0.4 is 0 Å². The van der Waals surface area contributed by atoms with Crippen molar-refractivity contribution < 1.29 is 29.0 Å². The SMILES string of the molecule is O=C(O)CCCCCC[C@H]1C(=O)C[C@H](OC2CCCCO2)[C@@H]1C=CC(=O)CCCCCl. The smallest absolute Gasteiger partial charge is 0.303 e. The average molecular weight is 457 g/mol. The van der Waals surface area contributed by atoms with Crippen LogP contribution in [0.25, 0.3) is 0 Å². The van der Waals surface area contributed by atoms with Crippen LogP contribution in [0.4, 0.5) is 0 Å². The van der Waals surface area contributed by atoms with Crippen molar-refractivity contribution >= 4 is 29.1 Å². The van der Waals surface area contributed by atoms with Gasteiger partial charge in [-0.2, -0.15) is 0 Å². The summed E-state index contributed by atoms with van der Waals surface area (Å²) in [5.41, 5.74) is 0. The largest absolute Gasteiger partial charge is 0.481 e. The molecular weight excluding hydrogens is 420 g/mol. The van der Waals surface area contributed by atoms with Crippen molar-refractivity contribution in [3.63, 3.8) is 0 Å². The molecule has 1 saturated carbocycles. The van der Waals surface area contributed by atoms with Crippen LogP contribution in [0.1, 0.15) is 83.5 Å². The number of carbonyl (C=O) groups is 3. The topological polar surface area (TPSA) is 89.9 Å². The van der Waals surface area contributed by atoms with Crippen LogP contribution in [0.2, 0.25) is 0 Å². The van der Waals surface area contributed by atoms with Crippen LogP contribution in [0.3, 0.4) is 0 Å². The van der Waals surface area contributed by atoms with Crippen LogP contribution in [-0.4, -0.2) is 47.5 Å². The Labute approximate surface area is 190 Å².